The van der Waals surface area contributed by atoms with Crippen LogP contribution in [0.4, 0.5) is 0 Å². The molecule has 118 valence electrons. The highest BCUT2D eigenvalue weighted by Gasteiger charge is 2.27. The van der Waals surface area contributed by atoms with Gasteiger partial charge >= 0.3 is 0 Å². The Labute approximate surface area is 125 Å². The summed E-state index contributed by atoms with van der Waals surface area (Å²) in [7, 11) is -3.18. The summed E-state index contributed by atoms with van der Waals surface area (Å²) < 4.78 is 33.2. The smallest absolute Gasteiger partial charge is 0.214 e. The number of hydrogen-bond donors (Lipinski definition) is 0. The molecule has 2 aliphatic rings. The maximum Gasteiger partial charge on any atom is 0.214 e. The minimum Gasteiger partial charge on any atom is -0.375 e. The van der Waals surface area contributed by atoms with E-state index in [-0.39, 0.29) is 5.75 Å². The quantitative estimate of drug-likeness (QED) is 0.775. The van der Waals surface area contributed by atoms with Gasteiger partial charge in [0, 0.05) is 19.7 Å². The van der Waals surface area contributed by atoms with E-state index in [1.165, 1.54) is 12.8 Å². The van der Waals surface area contributed by atoms with E-state index in [0.717, 1.165) is 24.4 Å². The Bertz CT molecular complexity index is 595. The summed E-state index contributed by atoms with van der Waals surface area (Å²) in [6, 6.07) is 0. The average Bonchev–Trinajstić information content (AvgIpc) is 3.25. The second-order valence-electron chi connectivity index (χ2n) is 5.75. The van der Waals surface area contributed by atoms with Crippen molar-refractivity contribution in [3.63, 3.8) is 0 Å². The number of aromatic nitrogens is 3. The molecule has 3 rings (SSSR count). The van der Waals surface area contributed by atoms with Crippen molar-refractivity contribution >= 4 is 10.0 Å². The highest BCUT2D eigenvalue weighted by atomic mass is 32.2. The minimum atomic E-state index is -3.18. The Balaban J connectivity index is 1.72. The van der Waals surface area contributed by atoms with Crippen LogP contribution in [0.2, 0.25) is 0 Å². The highest BCUT2D eigenvalue weighted by Crippen LogP contribution is 2.29. The van der Waals surface area contributed by atoms with Crippen molar-refractivity contribution in [3.05, 3.63) is 11.4 Å². The predicted octanol–water partition coefficient (Wildman–Crippen LogP) is 0.760. The number of fused-ring (bicyclic) bond motifs is 1. The molecular weight excluding hydrogens is 292 g/mol. The zero-order valence-electron chi connectivity index (χ0n) is 12.4. The third-order valence-electron chi connectivity index (χ3n) is 4.07. The van der Waals surface area contributed by atoms with Crippen molar-refractivity contribution in [2.75, 3.05) is 18.9 Å². The van der Waals surface area contributed by atoms with E-state index in [2.05, 4.69) is 10.3 Å². The summed E-state index contributed by atoms with van der Waals surface area (Å²) in [5, 5.41) is 8.30. The molecule has 0 spiro atoms. The summed E-state index contributed by atoms with van der Waals surface area (Å²) in [4.78, 5) is 0. The zero-order valence-corrected chi connectivity index (χ0v) is 13.2. The van der Waals surface area contributed by atoms with Gasteiger partial charge in [-0.3, -0.25) is 0 Å². The van der Waals surface area contributed by atoms with E-state index in [9.17, 15) is 8.42 Å². The van der Waals surface area contributed by atoms with E-state index in [0.29, 0.717) is 32.2 Å². The fourth-order valence-electron chi connectivity index (χ4n) is 2.50. The number of aryl methyl sites for hydroxylation is 1. The summed E-state index contributed by atoms with van der Waals surface area (Å²) in [5.74, 6) is 0.832. The molecule has 0 saturated heterocycles. The van der Waals surface area contributed by atoms with Gasteiger partial charge in [0.15, 0.2) is 0 Å². The first-order valence-corrected chi connectivity index (χ1v) is 9.18. The third kappa shape index (κ3) is 3.44. The van der Waals surface area contributed by atoms with Crippen molar-refractivity contribution in [1.82, 2.24) is 19.3 Å². The summed E-state index contributed by atoms with van der Waals surface area (Å²) in [5.41, 5.74) is 1.65. The van der Waals surface area contributed by atoms with Crippen LogP contribution in [-0.2, 0) is 34.5 Å². The average molecular weight is 314 g/mol. The molecule has 0 unspecified atom stereocenters. The molecule has 1 aromatic heterocycles. The first-order valence-electron chi connectivity index (χ1n) is 7.57. The number of rotatable bonds is 6. The van der Waals surface area contributed by atoms with Gasteiger partial charge in [-0.15, -0.1) is 5.10 Å². The molecule has 21 heavy (non-hydrogen) atoms. The molecule has 1 fully saturated rings. The molecule has 0 radical (unpaired) electrons. The predicted molar refractivity (Wildman–Crippen MR) is 76.9 cm³/mol. The molecule has 1 aliphatic heterocycles. The number of nitrogens with zero attached hydrogens (tertiary/aromatic N) is 4. The number of ether oxygens (including phenoxy) is 1. The molecule has 0 aromatic carbocycles. The first-order chi connectivity index (χ1) is 10.1. The Kier molecular flexibility index (Phi) is 4.28. The van der Waals surface area contributed by atoms with Crippen LogP contribution in [0.25, 0.3) is 0 Å². The first kappa shape index (κ1) is 14.9. The van der Waals surface area contributed by atoms with Gasteiger partial charge in [0.1, 0.15) is 5.69 Å². The summed E-state index contributed by atoms with van der Waals surface area (Å²) in [6.45, 7) is 4.47. The molecule has 1 saturated carbocycles. The molecule has 0 bridgehead atoms. The molecule has 1 aromatic rings. The topological polar surface area (TPSA) is 77.3 Å². The zero-order chi connectivity index (χ0) is 14.9. The van der Waals surface area contributed by atoms with Crippen LogP contribution in [0.1, 0.15) is 37.6 Å². The van der Waals surface area contributed by atoms with Gasteiger partial charge in [-0.1, -0.05) is 5.21 Å². The lowest BCUT2D eigenvalue weighted by atomic mass is 10.3. The lowest BCUT2D eigenvalue weighted by Gasteiger charge is -2.18. The van der Waals surface area contributed by atoms with Gasteiger partial charge in [0.25, 0.3) is 0 Å². The Hall–Kier alpha value is -0.990. The molecule has 1 aliphatic carbocycles. The van der Waals surface area contributed by atoms with Crippen LogP contribution in [0.3, 0.4) is 0 Å². The van der Waals surface area contributed by atoms with Crippen LogP contribution in [0.5, 0.6) is 0 Å². The maximum atomic E-state index is 12.1. The largest absolute Gasteiger partial charge is 0.375 e. The SMILES string of the molecule is CCS(=O)(=O)N1CCCn2nnc(COCC3CC3)c2C1. The van der Waals surface area contributed by atoms with Crippen LogP contribution in [0.15, 0.2) is 0 Å². The fraction of sp³-hybridized carbons (Fsp3) is 0.846. The molecule has 8 heteroatoms. The molecule has 0 N–H and O–H groups in total. The molecule has 0 atom stereocenters. The highest BCUT2D eigenvalue weighted by molar-refractivity contribution is 7.89. The van der Waals surface area contributed by atoms with Gasteiger partial charge in [0.2, 0.25) is 10.0 Å². The van der Waals surface area contributed by atoms with Crippen molar-refractivity contribution in [2.45, 2.75) is 45.9 Å². The van der Waals surface area contributed by atoms with Crippen LogP contribution in [-0.4, -0.2) is 46.6 Å². The molecular formula is C13H22N4O3S. The fourth-order valence-corrected chi connectivity index (χ4v) is 3.59. The van der Waals surface area contributed by atoms with Crippen molar-refractivity contribution in [2.24, 2.45) is 5.92 Å². The Morgan fingerprint density at radius 2 is 2.14 bits per heavy atom. The van der Waals surface area contributed by atoms with E-state index in [4.69, 9.17) is 4.74 Å². The normalized spacial score (nSPS) is 20.2. The Morgan fingerprint density at radius 3 is 2.86 bits per heavy atom. The second kappa shape index (κ2) is 6.02. The molecule has 0 amide bonds. The van der Waals surface area contributed by atoms with Gasteiger partial charge in [-0.2, -0.15) is 4.31 Å². The van der Waals surface area contributed by atoms with Crippen LogP contribution >= 0.6 is 0 Å². The van der Waals surface area contributed by atoms with Crippen LogP contribution < -0.4 is 0 Å². The van der Waals surface area contributed by atoms with E-state index >= 15 is 0 Å². The molecule has 7 nitrogen and oxygen atoms in total. The lowest BCUT2D eigenvalue weighted by Crippen LogP contribution is -2.32. The van der Waals surface area contributed by atoms with Crippen molar-refractivity contribution in [3.8, 4) is 0 Å². The standard InChI is InChI=1S/C13H22N4O3S/c1-2-21(18,19)16-6-3-7-17-13(8-16)12(14-15-17)10-20-9-11-4-5-11/h11H,2-10H2,1H3. The maximum absolute atomic E-state index is 12.1. The van der Waals surface area contributed by atoms with Gasteiger partial charge in [0.05, 0.1) is 24.6 Å². The molecule has 2 heterocycles. The summed E-state index contributed by atoms with van der Waals surface area (Å²) in [6.07, 6.45) is 3.27. The lowest BCUT2D eigenvalue weighted by molar-refractivity contribution is 0.108. The minimum absolute atomic E-state index is 0.127. The van der Waals surface area contributed by atoms with E-state index in [1.54, 1.807) is 11.2 Å². The third-order valence-corrected chi connectivity index (χ3v) is 5.90. The monoisotopic (exact) mass is 314 g/mol. The van der Waals surface area contributed by atoms with Gasteiger partial charge in [-0.05, 0) is 32.1 Å². The van der Waals surface area contributed by atoms with Gasteiger partial charge in [-0.25, -0.2) is 13.1 Å². The van der Waals surface area contributed by atoms with E-state index in [1.807, 2.05) is 4.68 Å². The van der Waals surface area contributed by atoms with Gasteiger partial charge < -0.3 is 4.74 Å². The van der Waals surface area contributed by atoms with Crippen molar-refractivity contribution < 1.29 is 13.2 Å². The Morgan fingerprint density at radius 1 is 1.33 bits per heavy atom. The van der Waals surface area contributed by atoms with Crippen molar-refractivity contribution in [1.29, 1.82) is 0 Å². The van der Waals surface area contributed by atoms with Crippen LogP contribution in [0, 0.1) is 5.92 Å². The number of hydrogen-bond acceptors (Lipinski definition) is 5. The second-order valence-corrected chi connectivity index (χ2v) is 8.01. The van der Waals surface area contributed by atoms with E-state index < -0.39 is 10.0 Å². The summed E-state index contributed by atoms with van der Waals surface area (Å²) >= 11 is 0. The number of sulfonamides is 1.